The molecule has 0 amide bonds. The zero-order valence-electron chi connectivity index (χ0n) is 12.7. The van der Waals surface area contributed by atoms with Gasteiger partial charge in [0, 0.05) is 25.7 Å². The SMILES string of the molecule is CCN1CCCC(CNC(=NC)NC(C)(C)C)C1. The third-order valence-electron chi connectivity index (χ3n) is 3.33. The zero-order chi connectivity index (χ0) is 13.6. The second-order valence-electron chi connectivity index (χ2n) is 6.23. The lowest BCUT2D eigenvalue weighted by atomic mass is 9.98. The van der Waals surface area contributed by atoms with Crippen molar-refractivity contribution >= 4 is 5.96 Å². The summed E-state index contributed by atoms with van der Waals surface area (Å²) in [4.78, 5) is 6.82. The van der Waals surface area contributed by atoms with Crippen molar-refractivity contribution < 1.29 is 0 Å². The Hall–Kier alpha value is -0.770. The van der Waals surface area contributed by atoms with Gasteiger partial charge in [-0.05, 0) is 52.6 Å². The van der Waals surface area contributed by atoms with Crippen molar-refractivity contribution in [3.8, 4) is 0 Å². The molecule has 1 fully saturated rings. The standard InChI is InChI=1S/C14H30N4/c1-6-18-9-7-8-12(11-18)10-16-13(15-5)17-14(2,3)4/h12H,6-11H2,1-5H3,(H2,15,16,17). The molecule has 0 spiro atoms. The minimum Gasteiger partial charge on any atom is -0.356 e. The Morgan fingerprint density at radius 3 is 2.67 bits per heavy atom. The lowest BCUT2D eigenvalue weighted by molar-refractivity contribution is 0.183. The first-order chi connectivity index (χ1) is 8.44. The molecule has 0 aromatic rings. The molecule has 0 saturated carbocycles. The lowest BCUT2D eigenvalue weighted by Gasteiger charge is -2.32. The van der Waals surface area contributed by atoms with Gasteiger partial charge < -0.3 is 15.5 Å². The minimum atomic E-state index is 0.0594. The van der Waals surface area contributed by atoms with Crippen LogP contribution in [0.1, 0.15) is 40.5 Å². The van der Waals surface area contributed by atoms with Crippen LogP contribution in [0.2, 0.25) is 0 Å². The summed E-state index contributed by atoms with van der Waals surface area (Å²) < 4.78 is 0. The van der Waals surface area contributed by atoms with Gasteiger partial charge in [-0.1, -0.05) is 6.92 Å². The van der Waals surface area contributed by atoms with Crippen LogP contribution in [0.4, 0.5) is 0 Å². The fraction of sp³-hybridized carbons (Fsp3) is 0.929. The fourth-order valence-electron chi connectivity index (χ4n) is 2.38. The van der Waals surface area contributed by atoms with Crippen LogP contribution in [0.15, 0.2) is 4.99 Å². The summed E-state index contributed by atoms with van der Waals surface area (Å²) in [6, 6.07) is 0. The molecule has 106 valence electrons. The van der Waals surface area contributed by atoms with Crippen LogP contribution in [0.3, 0.4) is 0 Å². The molecule has 1 aliphatic rings. The first kappa shape index (κ1) is 15.3. The Bertz CT molecular complexity index is 267. The van der Waals surface area contributed by atoms with Gasteiger partial charge in [-0.25, -0.2) is 0 Å². The minimum absolute atomic E-state index is 0.0594. The van der Waals surface area contributed by atoms with Gasteiger partial charge in [0.2, 0.25) is 0 Å². The van der Waals surface area contributed by atoms with Gasteiger partial charge in [0.05, 0.1) is 0 Å². The maximum absolute atomic E-state index is 4.28. The van der Waals surface area contributed by atoms with E-state index in [0.717, 1.165) is 18.4 Å². The summed E-state index contributed by atoms with van der Waals surface area (Å²) >= 11 is 0. The highest BCUT2D eigenvalue weighted by atomic mass is 15.2. The number of piperidine rings is 1. The van der Waals surface area contributed by atoms with Crippen molar-refractivity contribution in [1.82, 2.24) is 15.5 Å². The Labute approximate surface area is 112 Å². The van der Waals surface area contributed by atoms with Crippen molar-refractivity contribution in [2.24, 2.45) is 10.9 Å². The van der Waals surface area contributed by atoms with Crippen molar-refractivity contribution in [2.45, 2.75) is 46.1 Å². The van der Waals surface area contributed by atoms with Gasteiger partial charge in [0.1, 0.15) is 0 Å². The normalized spacial score (nSPS) is 22.9. The van der Waals surface area contributed by atoms with E-state index in [1.807, 2.05) is 7.05 Å². The predicted molar refractivity (Wildman–Crippen MR) is 79.1 cm³/mol. The van der Waals surface area contributed by atoms with E-state index >= 15 is 0 Å². The number of guanidine groups is 1. The van der Waals surface area contributed by atoms with E-state index in [-0.39, 0.29) is 5.54 Å². The molecule has 2 N–H and O–H groups in total. The third kappa shape index (κ3) is 5.71. The molecule has 1 unspecified atom stereocenters. The highest BCUT2D eigenvalue weighted by Gasteiger charge is 2.19. The summed E-state index contributed by atoms with van der Waals surface area (Å²) in [7, 11) is 1.83. The fourth-order valence-corrected chi connectivity index (χ4v) is 2.38. The second kappa shape index (κ2) is 6.98. The first-order valence-electron chi connectivity index (χ1n) is 7.15. The smallest absolute Gasteiger partial charge is 0.191 e. The number of aliphatic imine (C=N–C) groups is 1. The predicted octanol–water partition coefficient (Wildman–Crippen LogP) is 1.68. The van der Waals surface area contributed by atoms with E-state index in [2.05, 4.69) is 48.2 Å². The van der Waals surface area contributed by atoms with Crippen LogP contribution < -0.4 is 10.6 Å². The van der Waals surface area contributed by atoms with Crippen LogP contribution in [-0.4, -0.2) is 49.6 Å². The van der Waals surface area contributed by atoms with E-state index in [9.17, 15) is 0 Å². The average molecular weight is 254 g/mol. The Kier molecular flexibility index (Phi) is 5.93. The van der Waals surface area contributed by atoms with E-state index in [1.54, 1.807) is 0 Å². The molecule has 0 aromatic carbocycles. The van der Waals surface area contributed by atoms with Gasteiger partial charge in [-0.2, -0.15) is 0 Å². The maximum atomic E-state index is 4.28. The molecule has 1 heterocycles. The molecule has 1 atom stereocenters. The van der Waals surface area contributed by atoms with Crippen molar-refractivity contribution in [3.05, 3.63) is 0 Å². The number of hydrogen-bond donors (Lipinski definition) is 2. The van der Waals surface area contributed by atoms with Crippen molar-refractivity contribution in [3.63, 3.8) is 0 Å². The maximum Gasteiger partial charge on any atom is 0.191 e. The molecular weight excluding hydrogens is 224 g/mol. The van der Waals surface area contributed by atoms with Gasteiger partial charge in [-0.15, -0.1) is 0 Å². The molecule has 1 rings (SSSR count). The van der Waals surface area contributed by atoms with Crippen LogP contribution in [0.25, 0.3) is 0 Å². The highest BCUT2D eigenvalue weighted by Crippen LogP contribution is 2.15. The Balaban J connectivity index is 2.34. The van der Waals surface area contributed by atoms with Crippen LogP contribution >= 0.6 is 0 Å². The molecule has 0 radical (unpaired) electrons. The summed E-state index contributed by atoms with van der Waals surface area (Å²) in [5.74, 6) is 1.66. The highest BCUT2D eigenvalue weighted by molar-refractivity contribution is 5.80. The van der Waals surface area contributed by atoms with E-state index < -0.39 is 0 Å². The molecule has 4 heteroatoms. The molecule has 0 aliphatic carbocycles. The number of nitrogens with one attached hydrogen (secondary N) is 2. The zero-order valence-corrected chi connectivity index (χ0v) is 12.7. The Morgan fingerprint density at radius 1 is 1.39 bits per heavy atom. The van der Waals surface area contributed by atoms with Crippen LogP contribution in [0.5, 0.6) is 0 Å². The van der Waals surface area contributed by atoms with Crippen molar-refractivity contribution in [2.75, 3.05) is 33.2 Å². The van der Waals surface area contributed by atoms with Crippen LogP contribution in [0, 0.1) is 5.92 Å². The topological polar surface area (TPSA) is 39.7 Å². The largest absolute Gasteiger partial charge is 0.356 e. The van der Waals surface area contributed by atoms with Crippen LogP contribution in [-0.2, 0) is 0 Å². The van der Waals surface area contributed by atoms with Crippen molar-refractivity contribution in [1.29, 1.82) is 0 Å². The van der Waals surface area contributed by atoms with Gasteiger partial charge in [0.15, 0.2) is 5.96 Å². The van der Waals surface area contributed by atoms with Gasteiger partial charge in [0.25, 0.3) is 0 Å². The first-order valence-corrected chi connectivity index (χ1v) is 7.15. The molecule has 0 aromatic heterocycles. The molecule has 18 heavy (non-hydrogen) atoms. The summed E-state index contributed by atoms with van der Waals surface area (Å²) in [6.45, 7) is 13.4. The van der Waals surface area contributed by atoms with E-state index in [4.69, 9.17) is 0 Å². The summed E-state index contributed by atoms with van der Waals surface area (Å²) in [5, 5.41) is 6.85. The monoisotopic (exact) mass is 254 g/mol. The number of nitrogens with zero attached hydrogens (tertiary/aromatic N) is 2. The molecular formula is C14H30N4. The van der Waals surface area contributed by atoms with E-state index in [0.29, 0.717) is 0 Å². The quantitative estimate of drug-likeness (QED) is 0.595. The number of rotatable bonds is 3. The second-order valence-corrected chi connectivity index (χ2v) is 6.23. The summed E-state index contributed by atoms with van der Waals surface area (Å²) in [6.07, 6.45) is 2.65. The number of hydrogen-bond acceptors (Lipinski definition) is 2. The molecule has 0 bridgehead atoms. The van der Waals surface area contributed by atoms with Gasteiger partial charge in [-0.3, -0.25) is 4.99 Å². The third-order valence-corrected chi connectivity index (χ3v) is 3.33. The van der Waals surface area contributed by atoms with E-state index in [1.165, 1.54) is 32.5 Å². The molecule has 4 nitrogen and oxygen atoms in total. The number of likely N-dealkylation sites (tertiary alicyclic amines) is 1. The van der Waals surface area contributed by atoms with Gasteiger partial charge >= 0.3 is 0 Å². The Morgan fingerprint density at radius 2 is 2.11 bits per heavy atom. The average Bonchev–Trinajstić information content (AvgIpc) is 2.33. The molecule has 1 aliphatic heterocycles. The molecule has 1 saturated heterocycles. The lowest BCUT2D eigenvalue weighted by Crippen LogP contribution is -2.50. The summed E-state index contributed by atoms with van der Waals surface area (Å²) in [5.41, 5.74) is 0.0594.